The minimum Gasteiger partial charge on any atom is -0.422 e. The molecule has 0 spiro atoms. The first kappa shape index (κ1) is 22.0. The number of ether oxygens (including phenoxy) is 1. The standard InChI is InChI=1S/C22H17BrClN3O2S/c1-14-5-4-6-17(11-14)26-22(30)27-25-13-15-12-16(23)9-10-20(15)29-21(28)18-7-2-3-8-19(18)24/h2-13H,1H3,(H2,26,27,30)/b25-13+. The van der Waals surface area contributed by atoms with Gasteiger partial charge in [-0.15, -0.1) is 0 Å². The minimum atomic E-state index is -0.554. The van der Waals surface area contributed by atoms with Crippen LogP contribution in [-0.2, 0) is 0 Å². The molecule has 0 unspecified atom stereocenters. The molecule has 152 valence electrons. The Hall–Kier alpha value is -2.74. The van der Waals surface area contributed by atoms with Crippen molar-refractivity contribution in [1.29, 1.82) is 0 Å². The molecule has 0 aliphatic heterocycles. The molecule has 0 fully saturated rings. The lowest BCUT2D eigenvalue weighted by molar-refractivity contribution is 0.0734. The van der Waals surface area contributed by atoms with E-state index in [4.69, 9.17) is 28.6 Å². The third-order valence-corrected chi connectivity index (χ3v) is 4.93. The molecule has 0 heterocycles. The number of anilines is 1. The van der Waals surface area contributed by atoms with E-state index in [1.165, 1.54) is 6.21 Å². The molecule has 0 amide bonds. The van der Waals surface area contributed by atoms with E-state index in [1.807, 2.05) is 31.2 Å². The number of carbonyl (C=O) groups is 1. The van der Waals surface area contributed by atoms with Crippen molar-refractivity contribution in [3.8, 4) is 5.75 Å². The molecule has 0 aliphatic rings. The summed E-state index contributed by atoms with van der Waals surface area (Å²) in [6.45, 7) is 2.00. The Balaban J connectivity index is 1.69. The van der Waals surface area contributed by atoms with Crippen molar-refractivity contribution in [1.82, 2.24) is 5.43 Å². The molecule has 0 bridgehead atoms. The predicted octanol–water partition coefficient (Wildman–Crippen LogP) is 5.95. The molecular formula is C22H17BrClN3O2S. The van der Waals surface area contributed by atoms with Crippen LogP contribution in [0.25, 0.3) is 0 Å². The highest BCUT2D eigenvalue weighted by Gasteiger charge is 2.14. The van der Waals surface area contributed by atoms with Gasteiger partial charge in [-0.05, 0) is 67.2 Å². The fourth-order valence-corrected chi connectivity index (χ4v) is 3.30. The Morgan fingerprint density at radius 1 is 1.13 bits per heavy atom. The van der Waals surface area contributed by atoms with E-state index in [-0.39, 0.29) is 5.56 Å². The Morgan fingerprint density at radius 2 is 1.93 bits per heavy atom. The number of aryl methyl sites for hydroxylation is 1. The van der Waals surface area contributed by atoms with Crippen LogP contribution in [0.3, 0.4) is 0 Å². The van der Waals surface area contributed by atoms with Crippen LogP contribution < -0.4 is 15.5 Å². The number of rotatable bonds is 5. The number of esters is 1. The quantitative estimate of drug-likeness (QED) is 0.148. The van der Waals surface area contributed by atoms with Gasteiger partial charge in [0.1, 0.15) is 5.75 Å². The average Bonchev–Trinajstić information content (AvgIpc) is 2.70. The number of benzene rings is 3. The van der Waals surface area contributed by atoms with Crippen LogP contribution in [0.5, 0.6) is 5.75 Å². The Labute approximate surface area is 193 Å². The molecule has 0 aromatic heterocycles. The number of hydrogen-bond donors (Lipinski definition) is 2. The van der Waals surface area contributed by atoms with E-state index >= 15 is 0 Å². The molecule has 0 atom stereocenters. The van der Waals surface area contributed by atoms with E-state index < -0.39 is 5.97 Å². The van der Waals surface area contributed by atoms with Crippen LogP contribution in [0.1, 0.15) is 21.5 Å². The van der Waals surface area contributed by atoms with Gasteiger partial charge >= 0.3 is 5.97 Å². The van der Waals surface area contributed by atoms with Crippen LogP contribution in [-0.4, -0.2) is 17.3 Å². The van der Waals surface area contributed by atoms with Crippen LogP contribution in [0.2, 0.25) is 5.02 Å². The van der Waals surface area contributed by atoms with Gasteiger partial charge in [0.15, 0.2) is 5.11 Å². The molecule has 3 rings (SSSR count). The van der Waals surface area contributed by atoms with Gasteiger partial charge in [-0.1, -0.05) is 51.8 Å². The summed E-state index contributed by atoms with van der Waals surface area (Å²) in [6, 6.07) is 19.7. The summed E-state index contributed by atoms with van der Waals surface area (Å²) in [5.41, 5.74) is 5.59. The van der Waals surface area contributed by atoms with Crippen LogP contribution >= 0.6 is 39.7 Å². The SMILES string of the molecule is Cc1cccc(NC(=S)N/N=C/c2cc(Br)ccc2OC(=O)c2ccccc2Cl)c1. The lowest BCUT2D eigenvalue weighted by Gasteiger charge is -2.10. The van der Waals surface area contributed by atoms with Crippen molar-refractivity contribution in [3.05, 3.63) is 92.9 Å². The molecule has 0 saturated carbocycles. The zero-order valence-electron chi connectivity index (χ0n) is 15.9. The third-order valence-electron chi connectivity index (χ3n) is 3.91. The highest BCUT2D eigenvalue weighted by Crippen LogP contribution is 2.24. The van der Waals surface area contributed by atoms with Gasteiger partial charge < -0.3 is 10.1 Å². The van der Waals surface area contributed by atoms with E-state index in [0.717, 1.165) is 15.7 Å². The topological polar surface area (TPSA) is 62.7 Å². The number of hydrogen-bond acceptors (Lipinski definition) is 4. The maximum atomic E-state index is 12.5. The lowest BCUT2D eigenvalue weighted by atomic mass is 10.2. The summed E-state index contributed by atoms with van der Waals surface area (Å²) >= 11 is 14.7. The molecule has 8 heteroatoms. The Kier molecular flexibility index (Phi) is 7.57. The van der Waals surface area contributed by atoms with E-state index in [2.05, 4.69) is 31.8 Å². The van der Waals surface area contributed by atoms with Crippen molar-refractivity contribution < 1.29 is 9.53 Å². The number of carbonyl (C=O) groups excluding carboxylic acids is 1. The molecule has 2 N–H and O–H groups in total. The van der Waals surface area contributed by atoms with Gasteiger partial charge in [0.2, 0.25) is 0 Å². The van der Waals surface area contributed by atoms with E-state index in [9.17, 15) is 4.79 Å². The number of nitrogens with one attached hydrogen (secondary N) is 2. The summed E-state index contributed by atoms with van der Waals surface area (Å²) in [6.07, 6.45) is 1.52. The Morgan fingerprint density at radius 3 is 2.70 bits per heavy atom. The molecule has 0 aliphatic carbocycles. The molecule has 0 radical (unpaired) electrons. The van der Waals surface area contributed by atoms with Gasteiger partial charge in [-0.25, -0.2) is 4.79 Å². The number of hydrazone groups is 1. The first-order valence-corrected chi connectivity index (χ1v) is 10.4. The molecule has 30 heavy (non-hydrogen) atoms. The zero-order chi connectivity index (χ0) is 21.5. The summed E-state index contributed by atoms with van der Waals surface area (Å²) in [4.78, 5) is 12.5. The fourth-order valence-electron chi connectivity index (χ4n) is 2.54. The molecule has 3 aromatic rings. The second kappa shape index (κ2) is 10.3. The maximum absolute atomic E-state index is 12.5. The second-order valence-corrected chi connectivity index (χ2v) is 7.98. The lowest BCUT2D eigenvalue weighted by Crippen LogP contribution is -2.23. The monoisotopic (exact) mass is 501 g/mol. The van der Waals surface area contributed by atoms with Crippen molar-refractivity contribution in [2.75, 3.05) is 5.32 Å². The summed E-state index contributed by atoms with van der Waals surface area (Å²) < 4.78 is 6.33. The third kappa shape index (κ3) is 6.13. The summed E-state index contributed by atoms with van der Waals surface area (Å²) in [7, 11) is 0. The molecular weight excluding hydrogens is 486 g/mol. The van der Waals surface area contributed by atoms with Gasteiger partial charge in [-0.3, -0.25) is 5.43 Å². The number of nitrogens with zero attached hydrogens (tertiary/aromatic N) is 1. The fraction of sp³-hybridized carbons (Fsp3) is 0.0455. The molecule has 3 aromatic carbocycles. The van der Waals surface area contributed by atoms with E-state index in [1.54, 1.807) is 42.5 Å². The highest BCUT2D eigenvalue weighted by molar-refractivity contribution is 9.10. The number of halogens is 2. The number of thiocarbonyl (C=S) groups is 1. The van der Waals surface area contributed by atoms with Crippen molar-refractivity contribution in [2.24, 2.45) is 5.10 Å². The zero-order valence-corrected chi connectivity index (χ0v) is 19.0. The highest BCUT2D eigenvalue weighted by atomic mass is 79.9. The van der Waals surface area contributed by atoms with Gasteiger partial charge in [0.25, 0.3) is 0 Å². The average molecular weight is 503 g/mol. The van der Waals surface area contributed by atoms with Gasteiger partial charge in [-0.2, -0.15) is 5.10 Å². The van der Waals surface area contributed by atoms with E-state index in [0.29, 0.717) is 21.4 Å². The van der Waals surface area contributed by atoms with Crippen LogP contribution in [0.15, 0.2) is 76.3 Å². The smallest absolute Gasteiger partial charge is 0.345 e. The van der Waals surface area contributed by atoms with Crippen LogP contribution in [0.4, 0.5) is 5.69 Å². The second-order valence-electron chi connectivity index (χ2n) is 6.25. The molecule has 0 saturated heterocycles. The first-order chi connectivity index (χ1) is 14.4. The first-order valence-electron chi connectivity index (χ1n) is 8.85. The van der Waals surface area contributed by atoms with Crippen molar-refractivity contribution in [2.45, 2.75) is 6.92 Å². The van der Waals surface area contributed by atoms with Gasteiger partial charge in [0.05, 0.1) is 16.8 Å². The Bertz CT molecular complexity index is 1120. The van der Waals surface area contributed by atoms with Gasteiger partial charge in [0, 0.05) is 15.7 Å². The normalized spacial score (nSPS) is 10.6. The van der Waals surface area contributed by atoms with Crippen LogP contribution in [0, 0.1) is 6.92 Å². The minimum absolute atomic E-state index is 0.284. The summed E-state index contributed by atoms with van der Waals surface area (Å²) in [5.74, 6) is -0.214. The molecule has 5 nitrogen and oxygen atoms in total. The van der Waals surface area contributed by atoms with Crippen molar-refractivity contribution in [3.63, 3.8) is 0 Å². The predicted molar refractivity (Wildman–Crippen MR) is 129 cm³/mol. The largest absolute Gasteiger partial charge is 0.422 e. The summed E-state index contributed by atoms with van der Waals surface area (Å²) in [5, 5.41) is 7.85. The van der Waals surface area contributed by atoms with Crippen molar-refractivity contribution >= 4 is 62.7 Å². The maximum Gasteiger partial charge on any atom is 0.345 e.